The van der Waals surface area contributed by atoms with Gasteiger partial charge in [-0.2, -0.15) is 0 Å². The third-order valence-corrected chi connectivity index (χ3v) is 3.62. The van der Waals surface area contributed by atoms with Gasteiger partial charge in [-0.3, -0.25) is 9.59 Å². The van der Waals surface area contributed by atoms with E-state index in [0.717, 1.165) is 0 Å². The summed E-state index contributed by atoms with van der Waals surface area (Å²) in [4.78, 5) is 35.1. The summed E-state index contributed by atoms with van der Waals surface area (Å²) in [5.74, 6) is -0.845. The maximum Gasteiger partial charge on any atom is 0.513 e. The van der Waals surface area contributed by atoms with Gasteiger partial charge in [0, 0.05) is 18.7 Å². The quantitative estimate of drug-likeness (QED) is 0.412. The summed E-state index contributed by atoms with van der Waals surface area (Å²) in [6, 6.07) is 12.0. The molecule has 0 aliphatic rings. The fourth-order valence-corrected chi connectivity index (χ4v) is 2.28. The third kappa shape index (κ3) is 6.71. The summed E-state index contributed by atoms with van der Waals surface area (Å²) in [5.41, 5.74) is 0.683. The number of carbonyl (C=O) groups is 3. The number of nitrogens with one attached hydrogen (secondary N) is 2. The highest BCUT2D eigenvalue weighted by Crippen LogP contribution is 2.13. The van der Waals surface area contributed by atoms with Crippen LogP contribution in [-0.4, -0.2) is 37.7 Å². The molecular formula is C20H21FN2O5. The Labute approximate surface area is 161 Å². The molecule has 0 aliphatic carbocycles. The number of ether oxygens (including phenoxy) is 2. The second-order valence-electron chi connectivity index (χ2n) is 5.68. The van der Waals surface area contributed by atoms with Gasteiger partial charge in [-0.05, 0) is 42.8 Å². The summed E-state index contributed by atoms with van der Waals surface area (Å²) < 4.78 is 23.1. The van der Waals surface area contributed by atoms with Crippen LogP contribution in [0.25, 0.3) is 0 Å². The minimum absolute atomic E-state index is 0.0669. The van der Waals surface area contributed by atoms with Crippen LogP contribution in [0, 0.1) is 5.82 Å². The third-order valence-electron chi connectivity index (χ3n) is 3.62. The van der Waals surface area contributed by atoms with Gasteiger partial charge in [-0.25, -0.2) is 9.18 Å². The predicted molar refractivity (Wildman–Crippen MR) is 99.5 cm³/mol. The topological polar surface area (TPSA) is 93.7 Å². The second-order valence-corrected chi connectivity index (χ2v) is 5.68. The van der Waals surface area contributed by atoms with Gasteiger partial charge in [0.05, 0.1) is 13.0 Å². The van der Waals surface area contributed by atoms with E-state index in [9.17, 15) is 18.8 Å². The Bertz CT molecular complexity index is 824. The SMILES string of the molecule is CCOC(=O)Oc1ccc(C(=O)NCCNC(=O)Cc2ccccc2F)cc1. The number of hydrogen-bond acceptors (Lipinski definition) is 5. The maximum absolute atomic E-state index is 13.5. The fourth-order valence-electron chi connectivity index (χ4n) is 2.28. The molecule has 0 saturated carbocycles. The van der Waals surface area contributed by atoms with E-state index in [0.29, 0.717) is 11.1 Å². The molecular weight excluding hydrogens is 367 g/mol. The zero-order valence-electron chi connectivity index (χ0n) is 15.4. The first-order chi connectivity index (χ1) is 13.5. The van der Waals surface area contributed by atoms with Gasteiger partial charge in [0.1, 0.15) is 11.6 Å². The highest BCUT2D eigenvalue weighted by Gasteiger charge is 2.09. The Morgan fingerprint density at radius 3 is 2.32 bits per heavy atom. The first kappa shape index (κ1) is 20.9. The summed E-state index contributed by atoms with van der Waals surface area (Å²) in [6.45, 7) is 2.29. The Morgan fingerprint density at radius 1 is 0.964 bits per heavy atom. The average Bonchev–Trinajstić information content (AvgIpc) is 2.67. The molecule has 148 valence electrons. The van der Waals surface area contributed by atoms with Gasteiger partial charge < -0.3 is 20.1 Å². The summed E-state index contributed by atoms with van der Waals surface area (Å²) in [5, 5.41) is 5.27. The van der Waals surface area contributed by atoms with Gasteiger partial charge >= 0.3 is 6.16 Å². The van der Waals surface area contributed by atoms with Crippen molar-refractivity contribution in [3.63, 3.8) is 0 Å². The normalized spacial score (nSPS) is 10.1. The van der Waals surface area contributed by atoms with E-state index in [-0.39, 0.29) is 43.7 Å². The summed E-state index contributed by atoms with van der Waals surface area (Å²) >= 11 is 0. The number of halogens is 1. The van der Waals surface area contributed by atoms with Crippen molar-refractivity contribution < 1.29 is 28.2 Å². The minimum atomic E-state index is -0.814. The summed E-state index contributed by atoms with van der Waals surface area (Å²) in [6.07, 6.45) is -0.881. The van der Waals surface area contributed by atoms with Crippen LogP contribution >= 0.6 is 0 Å². The zero-order chi connectivity index (χ0) is 20.4. The van der Waals surface area contributed by atoms with Gasteiger partial charge in [0.2, 0.25) is 5.91 Å². The van der Waals surface area contributed by atoms with E-state index in [2.05, 4.69) is 15.4 Å². The lowest BCUT2D eigenvalue weighted by molar-refractivity contribution is -0.120. The van der Waals surface area contributed by atoms with Crippen LogP contribution in [0.2, 0.25) is 0 Å². The molecule has 0 saturated heterocycles. The van der Waals surface area contributed by atoms with Crippen molar-refractivity contribution in [1.82, 2.24) is 10.6 Å². The van der Waals surface area contributed by atoms with Crippen LogP contribution in [0.5, 0.6) is 5.75 Å². The molecule has 0 aromatic heterocycles. The molecule has 2 rings (SSSR count). The molecule has 0 heterocycles. The van der Waals surface area contributed by atoms with Crippen LogP contribution in [0.1, 0.15) is 22.8 Å². The van der Waals surface area contributed by atoms with Crippen molar-refractivity contribution in [3.8, 4) is 5.75 Å². The van der Waals surface area contributed by atoms with Crippen molar-refractivity contribution in [2.24, 2.45) is 0 Å². The van der Waals surface area contributed by atoms with Crippen LogP contribution < -0.4 is 15.4 Å². The van der Waals surface area contributed by atoms with Crippen molar-refractivity contribution in [2.75, 3.05) is 19.7 Å². The summed E-state index contributed by atoms with van der Waals surface area (Å²) in [7, 11) is 0. The van der Waals surface area contributed by atoms with E-state index in [4.69, 9.17) is 4.74 Å². The Morgan fingerprint density at radius 2 is 1.64 bits per heavy atom. The van der Waals surface area contributed by atoms with Crippen molar-refractivity contribution in [1.29, 1.82) is 0 Å². The standard InChI is InChI=1S/C20H21FN2O5/c1-2-27-20(26)28-16-9-7-14(8-10-16)19(25)23-12-11-22-18(24)13-15-5-3-4-6-17(15)21/h3-10H,2,11-13H2,1H3,(H,22,24)(H,23,25). The van der Waals surface area contributed by atoms with Crippen molar-refractivity contribution >= 4 is 18.0 Å². The van der Waals surface area contributed by atoms with Gasteiger partial charge in [-0.15, -0.1) is 0 Å². The lowest BCUT2D eigenvalue weighted by Gasteiger charge is -2.08. The number of rotatable bonds is 8. The molecule has 2 amide bonds. The molecule has 7 nitrogen and oxygen atoms in total. The van der Waals surface area contributed by atoms with E-state index in [1.807, 2.05) is 0 Å². The van der Waals surface area contributed by atoms with Crippen molar-refractivity contribution in [2.45, 2.75) is 13.3 Å². The van der Waals surface area contributed by atoms with Gasteiger partial charge in [-0.1, -0.05) is 18.2 Å². The molecule has 2 aromatic carbocycles. The minimum Gasteiger partial charge on any atom is -0.434 e. The highest BCUT2D eigenvalue weighted by molar-refractivity contribution is 5.94. The molecule has 8 heteroatoms. The molecule has 0 bridgehead atoms. The Hall–Kier alpha value is -3.42. The molecule has 28 heavy (non-hydrogen) atoms. The van der Waals surface area contributed by atoms with Crippen LogP contribution in [0.3, 0.4) is 0 Å². The van der Waals surface area contributed by atoms with E-state index in [1.165, 1.54) is 30.3 Å². The van der Waals surface area contributed by atoms with Gasteiger partial charge in [0.15, 0.2) is 0 Å². The second kappa shape index (κ2) is 10.7. The molecule has 0 radical (unpaired) electrons. The number of carbonyl (C=O) groups excluding carboxylic acids is 3. The molecule has 0 fully saturated rings. The lowest BCUT2D eigenvalue weighted by Crippen LogP contribution is -2.35. The molecule has 2 aromatic rings. The van der Waals surface area contributed by atoms with Crippen LogP contribution in [0.15, 0.2) is 48.5 Å². The molecule has 0 atom stereocenters. The zero-order valence-corrected chi connectivity index (χ0v) is 15.4. The average molecular weight is 388 g/mol. The van der Waals surface area contributed by atoms with Crippen LogP contribution in [-0.2, 0) is 16.0 Å². The van der Waals surface area contributed by atoms with Crippen LogP contribution in [0.4, 0.5) is 9.18 Å². The molecule has 0 spiro atoms. The number of hydrogen-bond donors (Lipinski definition) is 2. The largest absolute Gasteiger partial charge is 0.513 e. The van der Waals surface area contributed by atoms with E-state index in [1.54, 1.807) is 25.1 Å². The number of benzene rings is 2. The smallest absolute Gasteiger partial charge is 0.434 e. The van der Waals surface area contributed by atoms with Crippen molar-refractivity contribution in [3.05, 3.63) is 65.5 Å². The maximum atomic E-state index is 13.5. The van der Waals surface area contributed by atoms with E-state index < -0.39 is 12.0 Å². The highest BCUT2D eigenvalue weighted by atomic mass is 19.1. The van der Waals surface area contributed by atoms with Gasteiger partial charge in [0.25, 0.3) is 5.91 Å². The lowest BCUT2D eigenvalue weighted by atomic mass is 10.1. The Balaban J connectivity index is 1.71. The first-order valence-electron chi connectivity index (χ1n) is 8.72. The molecule has 2 N–H and O–H groups in total. The molecule has 0 unspecified atom stereocenters. The monoisotopic (exact) mass is 388 g/mol. The number of amides is 2. The fraction of sp³-hybridized carbons (Fsp3) is 0.250. The van der Waals surface area contributed by atoms with E-state index >= 15 is 0 Å². The molecule has 0 aliphatic heterocycles. The predicted octanol–water partition coefficient (Wildman–Crippen LogP) is 2.45. The Kier molecular flexibility index (Phi) is 7.95. The first-order valence-corrected chi connectivity index (χ1v) is 8.72.